The lowest BCUT2D eigenvalue weighted by Gasteiger charge is -2.03. The van der Waals surface area contributed by atoms with Crippen LogP contribution in [0.1, 0.15) is 24.0 Å². The summed E-state index contributed by atoms with van der Waals surface area (Å²) in [6.07, 6.45) is 12.9. The molecule has 0 radical (unpaired) electrons. The molecule has 0 saturated heterocycles. The number of allylic oxidation sites excluding steroid dienone is 2. The van der Waals surface area contributed by atoms with Gasteiger partial charge < -0.3 is 0 Å². The first-order chi connectivity index (χ1) is 13.8. The Morgan fingerprint density at radius 1 is 0.679 bits per heavy atom. The fourth-order valence-corrected chi connectivity index (χ4v) is 3.90. The standard InChI is InChI=1S/C25H18N2O/c28-25-19(13-17-3-1-5-21-15-26-11-9-23(17)21)7-8-20(25)14-18-4-2-6-22-16-27-12-10-24(18)22/h1-6,9-16H,7-8H2/b19-13+,20-14+. The Hall–Kier alpha value is -3.59. The monoisotopic (exact) mass is 362 g/mol. The first-order valence-corrected chi connectivity index (χ1v) is 9.41. The fraction of sp³-hybridized carbons (Fsp3) is 0.0800. The van der Waals surface area contributed by atoms with E-state index in [1.807, 2.05) is 60.9 Å². The molecule has 0 spiro atoms. The maximum atomic E-state index is 13.0. The van der Waals surface area contributed by atoms with Crippen molar-refractivity contribution in [2.24, 2.45) is 0 Å². The van der Waals surface area contributed by atoms with Gasteiger partial charge >= 0.3 is 0 Å². The molecule has 2 aromatic heterocycles. The lowest BCUT2D eigenvalue weighted by molar-refractivity contribution is -0.111. The summed E-state index contributed by atoms with van der Waals surface area (Å²) in [6, 6.07) is 16.2. The van der Waals surface area contributed by atoms with Crippen LogP contribution in [-0.2, 0) is 4.79 Å². The van der Waals surface area contributed by atoms with E-state index in [9.17, 15) is 4.79 Å². The van der Waals surface area contributed by atoms with E-state index in [1.165, 1.54) is 0 Å². The Labute approximate surface area is 163 Å². The number of benzene rings is 2. The average Bonchev–Trinajstić information content (AvgIpc) is 3.08. The van der Waals surface area contributed by atoms with Crippen LogP contribution in [0.15, 0.2) is 84.5 Å². The Kier molecular flexibility index (Phi) is 4.06. The number of ketones is 1. The highest BCUT2D eigenvalue weighted by molar-refractivity contribution is 6.16. The van der Waals surface area contributed by atoms with E-state index >= 15 is 0 Å². The van der Waals surface area contributed by atoms with Crippen molar-refractivity contribution in [3.63, 3.8) is 0 Å². The summed E-state index contributed by atoms with van der Waals surface area (Å²) < 4.78 is 0. The van der Waals surface area contributed by atoms with Crippen molar-refractivity contribution < 1.29 is 4.79 Å². The smallest absolute Gasteiger partial charge is 0.185 e. The Balaban J connectivity index is 1.53. The molecule has 1 aliphatic carbocycles. The van der Waals surface area contributed by atoms with Gasteiger partial charge in [0, 0.05) is 46.7 Å². The molecule has 134 valence electrons. The number of fused-ring (bicyclic) bond motifs is 2. The molecule has 0 atom stereocenters. The number of rotatable bonds is 2. The number of carbonyl (C=O) groups excluding carboxylic acids is 1. The molecule has 0 bridgehead atoms. The summed E-state index contributed by atoms with van der Waals surface area (Å²) in [6.45, 7) is 0. The van der Waals surface area contributed by atoms with Gasteiger partial charge in [-0.3, -0.25) is 14.8 Å². The van der Waals surface area contributed by atoms with Gasteiger partial charge in [0.1, 0.15) is 0 Å². The second-order valence-corrected chi connectivity index (χ2v) is 7.06. The van der Waals surface area contributed by atoms with Gasteiger partial charge in [-0.2, -0.15) is 0 Å². The van der Waals surface area contributed by atoms with Crippen LogP contribution in [0.25, 0.3) is 33.7 Å². The van der Waals surface area contributed by atoms with Crippen LogP contribution >= 0.6 is 0 Å². The molecule has 28 heavy (non-hydrogen) atoms. The predicted molar refractivity (Wildman–Crippen MR) is 114 cm³/mol. The molecule has 3 nitrogen and oxygen atoms in total. The van der Waals surface area contributed by atoms with E-state index in [-0.39, 0.29) is 5.78 Å². The number of nitrogens with zero attached hydrogens (tertiary/aromatic N) is 2. The third kappa shape index (κ3) is 2.91. The number of aromatic nitrogens is 2. The molecule has 2 aromatic carbocycles. The highest BCUT2D eigenvalue weighted by Crippen LogP contribution is 2.32. The first kappa shape index (κ1) is 16.6. The summed E-state index contributed by atoms with van der Waals surface area (Å²) in [5.41, 5.74) is 3.89. The van der Waals surface area contributed by atoms with Crippen LogP contribution in [-0.4, -0.2) is 15.8 Å². The minimum Gasteiger partial charge on any atom is -0.289 e. The quantitative estimate of drug-likeness (QED) is 0.435. The summed E-state index contributed by atoms with van der Waals surface area (Å²) >= 11 is 0. The van der Waals surface area contributed by atoms with Gasteiger partial charge in [0.2, 0.25) is 0 Å². The van der Waals surface area contributed by atoms with Crippen molar-refractivity contribution in [2.75, 3.05) is 0 Å². The molecule has 0 amide bonds. The van der Waals surface area contributed by atoms with E-state index in [2.05, 4.69) is 22.1 Å². The Bertz CT molecular complexity index is 1170. The highest BCUT2D eigenvalue weighted by Gasteiger charge is 2.23. The van der Waals surface area contributed by atoms with Crippen molar-refractivity contribution in [1.29, 1.82) is 0 Å². The molecule has 4 aromatic rings. The predicted octanol–water partition coefficient (Wildman–Crippen LogP) is 5.61. The molecule has 2 heterocycles. The van der Waals surface area contributed by atoms with Gasteiger partial charge in [-0.1, -0.05) is 36.4 Å². The van der Waals surface area contributed by atoms with Gasteiger partial charge in [0.05, 0.1) is 0 Å². The van der Waals surface area contributed by atoms with E-state index in [4.69, 9.17) is 0 Å². The van der Waals surface area contributed by atoms with Gasteiger partial charge in [-0.15, -0.1) is 0 Å². The van der Waals surface area contributed by atoms with E-state index in [1.54, 1.807) is 12.4 Å². The average molecular weight is 362 g/mol. The van der Waals surface area contributed by atoms with Crippen molar-refractivity contribution in [2.45, 2.75) is 12.8 Å². The highest BCUT2D eigenvalue weighted by atomic mass is 16.1. The van der Waals surface area contributed by atoms with Crippen molar-refractivity contribution in [3.8, 4) is 0 Å². The van der Waals surface area contributed by atoms with E-state index in [0.29, 0.717) is 0 Å². The van der Waals surface area contributed by atoms with Crippen molar-refractivity contribution in [3.05, 3.63) is 95.6 Å². The number of pyridine rings is 2. The second-order valence-electron chi connectivity index (χ2n) is 7.06. The van der Waals surface area contributed by atoms with Crippen LogP contribution < -0.4 is 0 Å². The zero-order valence-electron chi connectivity index (χ0n) is 15.3. The lowest BCUT2D eigenvalue weighted by Crippen LogP contribution is -1.96. The zero-order valence-corrected chi connectivity index (χ0v) is 15.3. The Morgan fingerprint density at radius 3 is 1.68 bits per heavy atom. The number of carbonyl (C=O) groups is 1. The van der Waals surface area contributed by atoms with Crippen molar-refractivity contribution in [1.82, 2.24) is 9.97 Å². The molecule has 3 heteroatoms. The molecule has 1 aliphatic rings. The van der Waals surface area contributed by atoms with Crippen molar-refractivity contribution >= 4 is 39.5 Å². The minimum atomic E-state index is 0.150. The van der Waals surface area contributed by atoms with E-state index in [0.717, 1.165) is 56.7 Å². The molecule has 1 saturated carbocycles. The summed E-state index contributed by atoms with van der Waals surface area (Å²) in [7, 11) is 0. The van der Waals surface area contributed by atoms with Gasteiger partial charge in [0.15, 0.2) is 5.78 Å². The van der Waals surface area contributed by atoms with Gasteiger partial charge in [-0.25, -0.2) is 0 Å². The van der Waals surface area contributed by atoms with Crippen LogP contribution in [0.3, 0.4) is 0 Å². The van der Waals surface area contributed by atoms with Crippen LogP contribution in [0.5, 0.6) is 0 Å². The van der Waals surface area contributed by atoms with Crippen LogP contribution in [0.2, 0.25) is 0 Å². The summed E-state index contributed by atoms with van der Waals surface area (Å²) in [4.78, 5) is 21.4. The molecule has 5 rings (SSSR count). The fourth-order valence-electron chi connectivity index (χ4n) is 3.90. The first-order valence-electron chi connectivity index (χ1n) is 9.41. The molecule has 0 unspecified atom stereocenters. The minimum absolute atomic E-state index is 0.150. The normalized spacial score (nSPS) is 17.2. The molecule has 0 N–H and O–H groups in total. The maximum Gasteiger partial charge on any atom is 0.185 e. The summed E-state index contributed by atoms with van der Waals surface area (Å²) in [5, 5.41) is 4.42. The van der Waals surface area contributed by atoms with Crippen LogP contribution in [0, 0.1) is 0 Å². The third-order valence-corrected chi connectivity index (χ3v) is 5.34. The molecular formula is C25H18N2O. The molecular weight excluding hydrogens is 344 g/mol. The van der Waals surface area contributed by atoms with Gasteiger partial charge in [0.25, 0.3) is 0 Å². The Morgan fingerprint density at radius 2 is 1.18 bits per heavy atom. The lowest BCUT2D eigenvalue weighted by atomic mass is 10.0. The number of hydrogen-bond acceptors (Lipinski definition) is 3. The number of hydrogen-bond donors (Lipinski definition) is 0. The zero-order chi connectivity index (χ0) is 18.9. The van der Waals surface area contributed by atoms with Gasteiger partial charge in [-0.05, 0) is 59.0 Å². The summed E-state index contributed by atoms with van der Waals surface area (Å²) in [5.74, 6) is 0.150. The SMILES string of the molecule is O=C1/C(=C/c2cccc3cnccc23)CC/C1=C\c1cccc2cnccc12. The molecule has 0 aliphatic heterocycles. The third-order valence-electron chi connectivity index (χ3n) is 5.34. The number of Topliss-reactive ketones (excluding diaryl/α,β-unsaturated/α-hetero) is 1. The maximum absolute atomic E-state index is 13.0. The van der Waals surface area contributed by atoms with Crippen LogP contribution in [0.4, 0.5) is 0 Å². The second kappa shape index (κ2) is 6.86. The topological polar surface area (TPSA) is 42.9 Å². The molecule has 1 fully saturated rings. The van der Waals surface area contributed by atoms with E-state index < -0.39 is 0 Å². The largest absolute Gasteiger partial charge is 0.289 e.